The first-order valence-electron chi connectivity index (χ1n) is 12.6. The van der Waals surface area contributed by atoms with Gasteiger partial charge in [0.1, 0.15) is 11.3 Å². The fourth-order valence-corrected chi connectivity index (χ4v) is 7.43. The first kappa shape index (κ1) is 26.2. The second kappa shape index (κ2) is 9.20. The molecule has 36 heavy (non-hydrogen) atoms. The number of rotatable bonds is 4. The maximum atomic E-state index is 13.0. The third-order valence-electron chi connectivity index (χ3n) is 9.12. The van der Waals surface area contributed by atoms with E-state index in [0.29, 0.717) is 23.5 Å². The van der Waals surface area contributed by atoms with Gasteiger partial charge in [-0.15, -0.1) is 0 Å². The number of hydrogen-bond donors (Lipinski definition) is 0. The van der Waals surface area contributed by atoms with E-state index in [0.717, 1.165) is 25.7 Å². The number of allylic oxidation sites excluding steroid dienone is 1. The Balaban J connectivity index is 1.90. The van der Waals surface area contributed by atoms with E-state index in [1.165, 1.54) is 33.8 Å². The van der Waals surface area contributed by atoms with Gasteiger partial charge in [-0.05, 0) is 67.9 Å². The molecule has 1 aliphatic heterocycles. The number of aromatic nitrogens is 1. The molecule has 0 amide bonds. The number of hydrogen-bond acceptors (Lipinski definition) is 8. The van der Waals surface area contributed by atoms with Crippen molar-refractivity contribution < 1.29 is 33.3 Å². The SMILES string of the molecule is COC(=O)C1=C(c2ccc(C(=O)OC)nc2C(=O)OC)CC2[C@]3(C)CCCC(C)(C)C3CC[C@]2(C)O1. The molecule has 8 heteroatoms. The average molecular weight is 500 g/mol. The van der Waals surface area contributed by atoms with Crippen LogP contribution in [0.2, 0.25) is 0 Å². The third-order valence-corrected chi connectivity index (χ3v) is 9.12. The van der Waals surface area contributed by atoms with Crippen LogP contribution < -0.4 is 0 Å². The standard InChI is InChI=1S/C28H37NO7/c1-26(2)12-8-13-27(3)19(26)11-14-28(4)20(27)15-17(22(36-28)25(32)35-7)16-9-10-18(23(30)33-5)29-21(16)24(31)34-6/h9-10,19-20H,8,11-15H2,1-7H3/t19?,20?,27-,28+/m1/s1. The zero-order valence-corrected chi connectivity index (χ0v) is 22.4. The zero-order valence-electron chi connectivity index (χ0n) is 22.4. The van der Waals surface area contributed by atoms with Crippen LogP contribution in [-0.2, 0) is 23.7 Å². The molecule has 0 saturated heterocycles. The lowest BCUT2D eigenvalue weighted by Crippen LogP contribution is -2.59. The fraction of sp³-hybridized carbons (Fsp3) is 0.643. The van der Waals surface area contributed by atoms with Gasteiger partial charge in [0.05, 0.1) is 21.3 Å². The second-order valence-corrected chi connectivity index (χ2v) is 11.5. The molecule has 2 heterocycles. The summed E-state index contributed by atoms with van der Waals surface area (Å²) in [6.07, 6.45) is 5.79. The summed E-state index contributed by atoms with van der Waals surface area (Å²) >= 11 is 0. The van der Waals surface area contributed by atoms with Crippen LogP contribution in [0.5, 0.6) is 0 Å². The maximum absolute atomic E-state index is 13.0. The lowest BCUT2D eigenvalue weighted by atomic mass is 9.44. The molecule has 2 aliphatic carbocycles. The normalized spacial score (nSPS) is 30.9. The largest absolute Gasteiger partial charge is 0.480 e. The summed E-state index contributed by atoms with van der Waals surface area (Å²) < 4.78 is 21.4. The lowest BCUT2D eigenvalue weighted by molar-refractivity contribution is -0.187. The Kier molecular flexibility index (Phi) is 6.69. The van der Waals surface area contributed by atoms with Crippen molar-refractivity contribution in [3.8, 4) is 0 Å². The van der Waals surface area contributed by atoms with E-state index in [9.17, 15) is 14.4 Å². The lowest BCUT2D eigenvalue weighted by Gasteiger charge is -2.63. The Morgan fingerprint density at radius 3 is 2.19 bits per heavy atom. The van der Waals surface area contributed by atoms with Crippen molar-refractivity contribution in [1.82, 2.24) is 4.98 Å². The predicted molar refractivity (Wildman–Crippen MR) is 132 cm³/mol. The first-order chi connectivity index (χ1) is 16.9. The molecule has 4 atom stereocenters. The molecule has 3 aliphatic rings. The summed E-state index contributed by atoms with van der Waals surface area (Å²) in [4.78, 5) is 42.2. The number of fused-ring (bicyclic) bond motifs is 3. The van der Waals surface area contributed by atoms with Crippen LogP contribution in [0.15, 0.2) is 17.9 Å². The minimum Gasteiger partial charge on any atom is -0.480 e. The monoisotopic (exact) mass is 499 g/mol. The predicted octanol–water partition coefficient (Wildman–Crippen LogP) is 4.96. The molecule has 196 valence electrons. The van der Waals surface area contributed by atoms with Crippen LogP contribution in [0.3, 0.4) is 0 Å². The molecular formula is C28H37NO7. The Labute approximate surface area is 212 Å². The summed E-state index contributed by atoms with van der Waals surface area (Å²) in [7, 11) is 3.81. The van der Waals surface area contributed by atoms with Crippen molar-refractivity contribution in [1.29, 1.82) is 0 Å². The number of carbonyl (C=O) groups is 3. The van der Waals surface area contributed by atoms with Gasteiger partial charge >= 0.3 is 17.9 Å². The van der Waals surface area contributed by atoms with Crippen LogP contribution >= 0.6 is 0 Å². The highest BCUT2D eigenvalue weighted by Crippen LogP contribution is 2.65. The van der Waals surface area contributed by atoms with Crippen molar-refractivity contribution >= 4 is 23.5 Å². The molecule has 2 fully saturated rings. The van der Waals surface area contributed by atoms with E-state index in [2.05, 4.69) is 32.7 Å². The highest BCUT2D eigenvalue weighted by Gasteiger charge is 2.61. The van der Waals surface area contributed by atoms with Gasteiger partial charge in [-0.25, -0.2) is 19.4 Å². The van der Waals surface area contributed by atoms with Crippen LogP contribution in [-0.4, -0.2) is 49.8 Å². The topological polar surface area (TPSA) is 101 Å². The van der Waals surface area contributed by atoms with Gasteiger partial charge in [0.25, 0.3) is 0 Å². The van der Waals surface area contributed by atoms with Gasteiger partial charge in [-0.2, -0.15) is 0 Å². The van der Waals surface area contributed by atoms with Gasteiger partial charge < -0.3 is 18.9 Å². The molecule has 1 aromatic rings. The highest BCUT2D eigenvalue weighted by molar-refractivity contribution is 6.01. The van der Waals surface area contributed by atoms with Crippen LogP contribution in [0.4, 0.5) is 0 Å². The molecule has 2 saturated carbocycles. The van der Waals surface area contributed by atoms with E-state index in [4.69, 9.17) is 18.9 Å². The van der Waals surface area contributed by atoms with E-state index in [-0.39, 0.29) is 33.9 Å². The fourth-order valence-electron chi connectivity index (χ4n) is 7.43. The highest BCUT2D eigenvalue weighted by atomic mass is 16.6. The summed E-state index contributed by atoms with van der Waals surface area (Å²) in [6, 6.07) is 3.10. The molecule has 0 spiro atoms. The van der Waals surface area contributed by atoms with E-state index in [1.54, 1.807) is 6.07 Å². The number of nitrogens with zero attached hydrogens (tertiary/aromatic N) is 1. The summed E-state index contributed by atoms with van der Waals surface area (Å²) in [6.45, 7) is 9.19. The Morgan fingerprint density at radius 1 is 0.889 bits per heavy atom. The minimum atomic E-state index is -0.715. The van der Waals surface area contributed by atoms with Gasteiger partial charge in [0, 0.05) is 17.1 Å². The number of esters is 3. The molecule has 4 rings (SSSR count). The van der Waals surface area contributed by atoms with Crippen molar-refractivity contribution in [2.75, 3.05) is 21.3 Å². The summed E-state index contributed by atoms with van der Waals surface area (Å²) in [5.41, 5.74) is 0.523. The Hall–Kier alpha value is -2.90. The molecule has 8 nitrogen and oxygen atoms in total. The van der Waals surface area contributed by atoms with Crippen molar-refractivity contribution in [2.24, 2.45) is 22.7 Å². The third kappa shape index (κ3) is 4.08. The zero-order chi connectivity index (χ0) is 26.5. The smallest absolute Gasteiger partial charge is 0.373 e. The molecular weight excluding hydrogens is 462 g/mol. The van der Waals surface area contributed by atoms with Crippen LogP contribution in [0.1, 0.15) is 92.8 Å². The van der Waals surface area contributed by atoms with Crippen molar-refractivity contribution in [3.05, 3.63) is 34.8 Å². The molecule has 2 unspecified atom stereocenters. The maximum Gasteiger partial charge on any atom is 0.373 e. The second-order valence-electron chi connectivity index (χ2n) is 11.5. The van der Waals surface area contributed by atoms with Gasteiger partial charge in [0.2, 0.25) is 5.76 Å². The summed E-state index contributed by atoms with van der Waals surface area (Å²) in [5, 5.41) is 0. The van der Waals surface area contributed by atoms with Crippen LogP contribution in [0.25, 0.3) is 5.57 Å². The first-order valence-corrected chi connectivity index (χ1v) is 12.6. The van der Waals surface area contributed by atoms with E-state index >= 15 is 0 Å². The average Bonchev–Trinajstić information content (AvgIpc) is 2.85. The molecule has 0 radical (unpaired) electrons. The molecule has 0 N–H and O–H groups in total. The van der Waals surface area contributed by atoms with Gasteiger partial charge in [-0.3, -0.25) is 0 Å². The Bertz CT molecular complexity index is 1120. The van der Waals surface area contributed by atoms with E-state index in [1.807, 2.05) is 0 Å². The molecule has 0 aromatic carbocycles. The van der Waals surface area contributed by atoms with Crippen molar-refractivity contribution in [3.63, 3.8) is 0 Å². The summed E-state index contributed by atoms with van der Waals surface area (Å²) in [5.74, 6) is -1.28. The van der Waals surface area contributed by atoms with E-state index < -0.39 is 23.5 Å². The molecule has 0 bridgehead atoms. The molecule has 1 aromatic heterocycles. The Morgan fingerprint density at radius 2 is 1.56 bits per heavy atom. The number of methoxy groups -OCH3 is 3. The van der Waals surface area contributed by atoms with Crippen LogP contribution in [0, 0.1) is 22.7 Å². The number of carbonyl (C=O) groups excluding carboxylic acids is 3. The van der Waals surface area contributed by atoms with Gasteiger partial charge in [-0.1, -0.05) is 27.2 Å². The minimum absolute atomic E-state index is 0.00748. The quantitative estimate of drug-likeness (QED) is 0.423. The van der Waals surface area contributed by atoms with Crippen molar-refractivity contribution in [2.45, 2.75) is 71.8 Å². The number of pyridine rings is 1. The van der Waals surface area contributed by atoms with Gasteiger partial charge in [0.15, 0.2) is 5.69 Å². The number of ether oxygens (including phenoxy) is 4.